The summed E-state index contributed by atoms with van der Waals surface area (Å²) >= 11 is 0. The number of hydrogen-bond acceptors (Lipinski definition) is 3. The van der Waals surface area contributed by atoms with Gasteiger partial charge in [0.2, 0.25) is 0 Å². The molecule has 84 valence electrons. The second kappa shape index (κ2) is 8.38. The van der Waals surface area contributed by atoms with E-state index in [0.29, 0.717) is 0 Å². The van der Waals surface area contributed by atoms with Gasteiger partial charge >= 0.3 is 0 Å². The molecule has 1 aromatic heterocycles. The predicted octanol–water partition coefficient (Wildman–Crippen LogP) is 1.69. The lowest BCUT2D eigenvalue weighted by atomic mass is 10.2. The number of unbranched alkanes of at least 4 members (excludes halogenated alkanes) is 3. The van der Waals surface area contributed by atoms with Crippen LogP contribution < -0.4 is 11.1 Å². The summed E-state index contributed by atoms with van der Waals surface area (Å²) in [5, 5.41) is 3.41. The van der Waals surface area contributed by atoms with Crippen LogP contribution in [0.1, 0.15) is 31.2 Å². The molecule has 0 aliphatic rings. The topological polar surface area (TPSA) is 50.9 Å². The van der Waals surface area contributed by atoms with Crippen LogP contribution in [-0.4, -0.2) is 18.1 Å². The number of nitrogens with one attached hydrogen (secondary N) is 1. The van der Waals surface area contributed by atoms with Gasteiger partial charge < -0.3 is 11.1 Å². The summed E-state index contributed by atoms with van der Waals surface area (Å²) in [4.78, 5) is 4.07. The van der Waals surface area contributed by atoms with Crippen molar-refractivity contribution in [2.45, 2.75) is 32.2 Å². The van der Waals surface area contributed by atoms with E-state index in [2.05, 4.69) is 16.4 Å². The van der Waals surface area contributed by atoms with Crippen molar-refractivity contribution < 1.29 is 0 Å². The van der Waals surface area contributed by atoms with Crippen LogP contribution in [0.25, 0.3) is 0 Å². The van der Waals surface area contributed by atoms with E-state index in [9.17, 15) is 0 Å². The first kappa shape index (κ1) is 12.1. The monoisotopic (exact) mass is 207 g/mol. The van der Waals surface area contributed by atoms with E-state index in [0.717, 1.165) is 26.1 Å². The summed E-state index contributed by atoms with van der Waals surface area (Å²) < 4.78 is 0. The smallest absolute Gasteiger partial charge is 0.0312 e. The molecule has 1 heterocycles. The van der Waals surface area contributed by atoms with Crippen molar-refractivity contribution in [1.29, 1.82) is 0 Å². The molecule has 1 aromatic rings. The summed E-state index contributed by atoms with van der Waals surface area (Å²) in [5.74, 6) is 0. The highest BCUT2D eigenvalue weighted by Gasteiger charge is 1.91. The minimum Gasteiger partial charge on any atom is -0.330 e. The first-order valence-corrected chi connectivity index (χ1v) is 5.73. The zero-order chi connectivity index (χ0) is 10.8. The highest BCUT2D eigenvalue weighted by atomic mass is 14.8. The number of rotatable bonds is 8. The minimum absolute atomic E-state index is 0.823. The molecule has 0 unspecified atom stereocenters. The van der Waals surface area contributed by atoms with Gasteiger partial charge in [0, 0.05) is 18.9 Å². The van der Waals surface area contributed by atoms with E-state index in [1.165, 1.54) is 24.8 Å². The van der Waals surface area contributed by atoms with Crippen LogP contribution in [-0.2, 0) is 6.54 Å². The molecule has 0 radical (unpaired) electrons. The number of nitrogens with two attached hydrogens (primary N) is 1. The molecule has 0 amide bonds. The largest absolute Gasteiger partial charge is 0.330 e. The minimum atomic E-state index is 0.823. The molecule has 0 aliphatic carbocycles. The van der Waals surface area contributed by atoms with Crippen LogP contribution in [0.15, 0.2) is 24.5 Å². The molecule has 0 fully saturated rings. The van der Waals surface area contributed by atoms with E-state index in [1.54, 1.807) is 6.20 Å². The summed E-state index contributed by atoms with van der Waals surface area (Å²) in [5.41, 5.74) is 6.67. The molecule has 0 atom stereocenters. The Bertz CT molecular complexity index is 236. The molecule has 3 N–H and O–H groups in total. The maximum absolute atomic E-state index is 5.42. The summed E-state index contributed by atoms with van der Waals surface area (Å²) in [6.45, 7) is 2.83. The fourth-order valence-electron chi connectivity index (χ4n) is 1.48. The average molecular weight is 207 g/mol. The Balaban J connectivity index is 1.93. The normalized spacial score (nSPS) is 10.5. The standard InChI is InChI=1S/C12H21N3/c13-7-3-1-2-4-8-14-10-12-6-5-9-15-11-12/h5-6,9,11,14H,1-4,7-8,10,13H2. The van der Waals surface area contributed by atoms with Gasteiger partial charge in [-0.25, -0.2) is 0 Å². The molecule has 0 spiro atoms. The lowest BCUT2D eigenvalue weighted by Gasteiger charge is -2.04. The maximum atomic E-state index is 5.42. The quantitative estimate of drug-likeness (QED) is 0.638. The van der Waals surface area contributed by atoms with Crippen molar-refractivity contribution in [3.05, 3.63) is 30.1 Å². The molecule has 0 saturated carbocycles. The predicted molar refractivity (Wildman–Crippen MR) is 63.5 cm³/mol. The lowest BCUT2D eigenvalue weighted by molar-refractivity contribution is 0.590. The van der Waals surface area contributed by atoms with Crippen LogP contribution in [0.2, 0.25) is 0 Å². The average Bonchev–Trinajstić information content (AvgIpc) is 2.29. The van der Waals surface area contributed by atoms with Gasteiger partial charge in [-0.1, -0.05) is 18.9 Å². The molecule has 3 heteroatoms. The second-order valence-corrected chi connectivity index (χ2v) is 3.74. The zero-order valence-electron chi connectivity index (χ0n) is 9.28. The van der Waals surface area contributed by atoms with Crippen LogP contribution in [0.3, 0.4) is 0 Å². The van der Waals surface area contributed by atoms with Gasteiger partial charge in [-0.15, -0.1) is 0 Å². The Hall–Kier alpha value is -0.930. The molecule has 3 nitrogen and oxygen atoms in total. The van der Waals surface area contributed by atoms with Gasteiger partial charge in [0.25, 0.3) is 0 Å². The lowest BCUT2D eigenvalue weighted by Crippen LogP contribution is -2.14. The van der Waals surface area contributed by atoms with E-state index in [1.807, 2.05) is 12.3 Å². The maximum Gasteiger partial charge on any atom is 0.0312 e. The van der Waals surface area contributed by atoms with Crippen molar-refractivity contribution in [3.63, 3.8) is 0 Å². The van der Waals surface area contributed by atoms with Crippen LogP contribution in [0.5, 0.6) is 0 Å². The van der Waals surface area contributed by atoms with Crippen LogP contribution in [0.4, 0.5) is 0 Å². The number of hydrogen-bond donors (Lipinski definition) is 2. The molecule has 15 heavy (non-hydrogen) atoms. The van der Waals surface area contributed by atoms with Crippen LogP contribution >= 0.6 is 0 Å². The summed E-state index contributed by atoms with van der Waals surface area (Å²) in [6.07, 6.45) is 8.63. The van der Waals surface area contributed by atoms with Gasteiger partial charge in [0.15, 0.2) is 0 Å². The Kier molecular flexibility index (Phi) is 6.79. The van der Waals surface area contributed by atoms with E-state index in [-0.39, 0.29) is 0 Å². The van der Waals surface area contributed by atoms with E-state index < -0.39 is 0 Å². The fourth-order valence-corrected chi connectivity index (χ4v) is 1.48. The third-order valence-electron chi connectivity index (χ3n) is 2.36. The molecule has 0 saturated heterocycles. The number of pyridine rings is 1. The van der Waals surface area contributed by atoms with Crippen molar-refractivity contribution in [2.75, 3.05) is 13.1 Å². The SMILES string of the molecule is NCCCCCCNCc1cccnc1. The van der Waals surface area contributed by atoms with Crippen molar-refractivity contribution in [1.82, 2.24) is 10.3 Å². The van der Waals surface area contributed by atoms with Crippen molar-refractivity contribution in [3.8, 4) is 0 Å². The molecular weight excluding hydrogens is 186 g/mol. The molecular formula is C12H21N3. The third-order valence-corrected chi connectivity index (χ3v) is 2.36. The van der Waals surface area contributed by atoms with Crippen molar-refractivity contribution in [2.24, 2.45) is 5.73 Å². The number of aromatic nitrogens is 1. The second-order valence-electron chi connectivity index (χ2n) is 3.74. The van der Waals surface area contributed by atoms with Crippen molar-refractivity contribution >= 4 is 0 Å². The van der Waals surface area contributed by atoms with Gasteiger partial charge in [-0.05, 0) is 37.6 Å². The van der Waals surface area contributed by atoms with Gasteiger partial charge in [-0.2, -0.15) is 0 Å². The highest BCUT2D eigenvalue weighted by molar-refractivity contribution is 5.07. The molecule has 1 rings (SSSR count). The first-order chi connectivity index (χ1) is 7.43. The molecule has 0 aromatic carbocycles. The first-order valence-electron chi connectivity index (χ1n) is 5.73. The summed E-state index contributed by atoms with van der Waals surface area (Å²) in [6, 6.07) is 4.06. The van der Waals surface area contributed by atoms with E-state index >= 15 is 0 Å². The third kappa shape index (κ3) is 6.20. The van der Waals surface area contributed by atoms with Crippen LogP contribution in [0, 0.1) is 0 Å². The Morgan fingerprint density at radius 1 is 1.20 bits per heavy atom. The Morgan fingerprint density at radius 2 is 2.07 bits per heavy atom. The Morgan fingerprint density at radius 3 is 2.80 bits per heavy atom. The Labute approximate surface area is 92.1 Å². The highest BCUT2D eigenvalue weighted by Crippen LogP contribution is 1.98. The molecule has 0 aliphatic heterocycles. The van der Waals surface area contributed by atoms with Gasteiger partial charge in [0.05, 0.1) is 0 Å². The number of nitrogens with zero attached hydrogens (tertiary/aromatic N) is 1. The van der Waals surface area contributed by atoms with Gasteiger partial charge in [-0.3, -0.25) is 4.98 Å². The summed E-state index contributed by atoms with van der Waals surface area (Å²) in [7, 11) is 0. The molecule has 0 bridgehead atoms. The zero-order valence-corrected chi connectivity index (χ0v) is 9.28. The fraction of sp³-hybridized carbons (Fsp3) is 0.583. The van der Waals surface area contributed by atoms with Gasteiger partial charge in [0.1, 0.15) is 0 Å². The van der Waals surface area contributed by atoms with E-state index in [4.69, 9.17) is 5.73 Å².